The average Bonchev–Trinajstić information content (AvgIpc) is 4.10. The molecule has 0 saturated heterocycles. The summed E-state index contributed by atoms with van der Waals surface area (Å²) in [6.45, 7) is 0. The average molecular weight is 746 g/mol. The van der Waals surface area contributed by atoms with Crippen LogP contribution in [0.2, 0.25) is 0 Å². The molecule has 266 valence electrons. The van der Waals surface area contributed by atoms with Gasteiger partial charge in [-0.1, -0.05) is 139 Å². The van der Waals surface area contributed by atoms with Gasteiger partial charge in [-0.3, -0.25) is 9.13 Å². The molecule has 6 nitrogen and oxygen atoms in total. The van der Waals surface area contributed by atoms with Crippen molar-refractivity contribution < 1.29 is 26.3 Å². The molecule has 0 aliphatic heterocycles. The Morgan fingerprint density at radius 3 is 1.53 bits per heavy atom. The van der Waals surface area contributed by atoms with E-state index in [2.05, 4.69) is 6.07 Å². The lowest BCUT2D eigenvalue weighted by Gasteiger charge is -2.12. The molecule has 8 aromatic carbocycles. The molecule has 12 aromatic rings. The van der Waals surface area contributed by atoms with E-state index >= 15 is 0 Å². The van der Waals surface area contributed by atoms with Crippen LogP contribution in [0, 0.1) is 0 Å². The number of fused-ring (bicyclic) bond motifs is 9. The van der Waals surface area contributed by atoms with Crippen molar-refractivity contribution in [3.8, 4) is 45.5 Å². The molecule has 0 radical (unpaired) electrons. The summed E-state index contributed by atoms with van der Waals surface area (Å²) in [5.74, 6) is -1.17. The van der Waals surface area contributed by atoms with Gasteiger partial charge >= 0.3 is 0 Å². The monoisotopic (exact) mass is 745 g/mol. The van der Waals surface area contributed by atoms with E-state index < -0.39 is 109 Å². The maximum absolute atomic E-state index is 9.21. The second-order valence-corrected chi connectivity index (χ2v) is 13.3. The van der Waals surface area contributed by atoms with Crippen molar-refractivity contribution in [3.05, 3.63) is 188 Å². The molecule has 4 heterocycles. The smallest absolute Gasteiger partial charge is 0.240 e. The third kappa shape index (κ3) is 4.87. The molecule has 6 heteroatoms. The Balaban J connectivity index is 1.21. The molecular weight excluding hydrogens is 699 g/mol. The van der Waals surface area contributed by atoms with Gasteiger partial charge in [-0.25, -0.2) is 0 Å². The van der Waals surface area contributed by atoms with Crippen LogP contribution in [0.5, 0.6) is 0 Å². The van der Waals surface area contributed by atoms with E-state index in [-0.39, 0.29) is 55.0 Å². The number of benzene rings is 8. The number of nitrogens with zero attached hydrogens (tertiary/aromatic N) is 5. The molecule has 0 N–H and O–H groups in total. The zero-order valence-corrected chi connectivity index (χ0v) is 29.3. The summed E-state index contributed by atoms with van der Waals surface area (Å²) in [7, 11) is 0. The molecule has 0 aliphatic carbocycles. The largest absolute Gasteiger partial charge is 0.456 e. The highest BCUT2D eigenvalue weighted by molar-refractivity contribution is 6.13. The highest BCUT2D eigenvalue weighted by atomic mass is 16.3. The zero-order valence-electron chi connectivity index (χ0n) is 45.3. The van der Waals surface area contributed by atoms with Crippen molar-refractivity contribution in [2.24, 2.45) is 0 Å². The Morgan fingerprint density at radius 2 is 0.930 bits per heavy atom. The number of para-hydroxylation sites is 4. The molecule has 0 aliphatic rings. The van der Waals surface area contributed by atoms with Crippen LogP contribution in [-0.2, 0) is 0 Å². The zero-order chi connectivity index (χ0) is 51.4. The van der Waals surface area contributed by atoms with Gasteiger partial charge < -0.3 is 4.42 Å². The third-order valence-corrected chi connectivity index (χ3v) is 10.1. The van der Waals surface area contributed by atoms with Crippen molar-refractivity contribution in [2.45, 2.75) is 0 Å². The van der Waals surface area contributed by atoms with Crippen LogP contribution in [-0.4, -0.2) is 24.1 Å². The van der Waals surface area contributed by atoms with Crippen LogP contribution in [0.1, 0.15) is 21.9 Å². The Labute approximate surface area is 349 Å². The van der Waals surface area contributed by atoms with Crippen LogP contribution < -0.4 is 0 Å². The van der Waals surface area contributed by atoms with Crippen molar-refractivity contribution in [1.29, 1.82) is 0 Å². The first-order valence-corrected chi connectivity index (χ1v) is 17.8. The summed E-state index contributed by atoms with van der Waals surface area (Å²) in [5, 5.41) is 0.415. The molecule has 0 atom stereocenters. The molecule has 0 bridgehead atoms. The second-order valence-electron chi connectivity index (χ2n) is 13.3. The quantitative estimate of drug-likeness (QED) is 0.176. The van der Waals surface area contributed by atoms with E-state index in [9.17, 15) is 5.48 Å². The lowest BCUT2D eigenvalue weighted by molar-refractivity contribution is 0.669. The summed E-state index contributed by atoms with van der Waals surface area (Å²) in [5.41, 5.74) is 3.69. The Kier molecular flexibility index (Phi) is 4.26. The first kappa shape index (κ1) is 19.7. The lowest BCUT2D eigenvalue weighted by atomic mass is 9.96. The van der Waals surface area contributed by atoms with Crippen molar-refractivity contribution in [3.63, 3.8) is 0 Å². The minimum Gasteiger partial charge on any atom is -0.456 e. The van der Waals surface area contributed by atoms with Crippen LogP contribution in [0.25, 0.3) is 111 Å². The van der Waals surface area contributed by atoms with Gasteiger partial charge in [-0.05, 0) is 70.7 Å². The van der Waals surface area contributed by atoms with Gasteiger partial charge in [0.2, 0.25) is 11.9 Å². The van der Waals surface area contributed by atoms with Gasteiger partial charge in [0.25, 0.3) is 0 Å². The maximum atomic E-state index is 9.21. The molecule has 57 heavy (non-hydrogen) atoms. The Hall–Kier alpha value is -7.83. The molecule has 12 rings (SSSR count). The van der Waals surface area contributed by atoms with E-state index in [4.69, 9.17) is 35.8 Å². The molecule has 0 unspecified atom stereocenters. The van der Waals surface area contributed by atoms with Gasteiger partial charge in [-0.15, -0.1) is 0 Å². The second kappa shape index (κ2) is 12.3. The molecule has 0 amide bonds. The predicted octanol–water partition coefficient (Wildman–Crippen LogP) is 13.0. The SMILES string of the molecule is [2H]c1c([2H])c([2H])c2c(c1[2H])c1c([2H])c([2H])c([2H])c([2H])c1n2-c1nc(-c2ccc3c(c2)oc2cccc(-c4cccc(-c5ccccc5)c4)c23)nc(-n2c3c([2H])c([2H])c([2H])c([2H])c3c3c([2H])c([2H])c([2H])c([2H])c32)n1. The normalized spacial score (nSPS) is 15.8. The fraction of sp³-hybridized carbons (Fsp3) is 0. The molecule has 0 spiro atoms. The van der Waals surface area contributed by atoms with Crippen molar-refractivity contribution in [1.82, 2.24) is 24.1 Å². The number of rotatable bonds is 5. The van der Waals surface area contributed by atoms with E-state index in [0.29, 0.717) is 16.6 Å². The van der Waals surface area contributed by atoms with Crippen LogP contribution in [0.15, 0.2) is 192 Å². The highest BCUT2D eigenvalue weighted by Crippen LogP contribution is 2.40. The van der Waals surface area contributed by atoms with E-state index in [1.807, 2.05) is 66.7 Å². The standard InChI is InChI=1S/C51H31N5O/c1-2-14-32(15-3-1)33-16-12-17-34(30-33)36-22-13-27-46-48(36)41-29-28-35(31-47(41)57-46)49-52-50(55-42-23-8-4-18-37(42)38-19-5-9-24-43(38)55)54-51(53-49)56-44-25-10-6-20-39(44)40-21-7-11-26-45(40)56/h1-31H/i4D,5D,6D,7D,8D,9D,10D,11D,18D,19D,20D,21D,23D,24D,25D,26D. The summed E-state index contributed by atoms with van der Waals surface area (Å²) < 4.78 is 151. The Morgan fingerprint density at radius 1 is 0.404 bits per heavy atom. The lowest BCUT2D eigenvalue weighted by Crippen LogP contribution is -2.10. The van der Waals surface area contributed by atoms with Crippen LogP contribution >= 0.6 is 0 Å². The fourth-order valence-corrected chi connectivity index (χ4v) is 7.63. The summed E-state index contributed by atoms with van der Waals surface area (Å²) >= 11 is 0. The number of hydrogen-bond acceptors (Lipinski definition) is 4. The fourth-order valence-electron chi connectivity index (χ4n) is 7.63. The van der Waals surface area contributed by atoms with Gasteiger partial charge in [0.15, 0.2) is 5.82 Å². The summed E-state index contributed by atoms with van der Waals surface area (Å²) in [6, 6.07) is 18.3. The highest BCUT2D eigenvalue weighted by Gasteiger charge is 2.21. The maximum Gasteiger partial charge on any atom is 0.240 e. The van der Waals surface area contributed by atoms with Crippen LogP contribution in [0.4, 0.5) is 0 Å². The van der Waals surface area contributed by atoms with E-state index in [0.717, 1.165) is 36.8 Å². The minimum atomic E-state index is -0.706. The first-order valence-electron chi connectivity index (χ1n) is 25.8. The van der Waals surface area contributed by atoms with E-state index in [1.54, 1.807) is 18.2 Å². The van der Waals surface area contributed by atoms with E-state index in [1.165, 1.54) is 0 Å². The van der Waals surface area contributed by atoms with Gasteiger partial charge in [-0.2, -0.15) is 15.0 Å². The van der Waals surface area contributed by atoms with Crippen molar-refractivity contribution in [2.75, 3.05) is 0 Å². The first-order chi connectivity index (χ1) is 34.9. The molecule has 0 saturated carbocycles. The van der Waals surface area contributed by atoms with Gasteiger partial charge in [0, 0.05) is 37.9 Å². The molecule has 4 aromatic heterocycles. The number of hydrogen-bond donors (Lipinski definition) is 0. The number of aromatic nitrogens is 5. The molecule has 0 fully saturated rings. The van der Waals surface area contributed by atoms with Crippen LogP contribution in [0.3, 0.4) is 0 Å². The summed E-state index contributed by atoms with van der Waals surface area (Å²) in [6.07, 6.45) is 0. The number of furan rings is 1. The van der Waals surface area contributed by atoms with Gasteiger partial charge in [0.1, 0.15) is 11.2 Å². The van der Waals surface area contributed by atoms with Crippen molar-refractivity contribution >= 4 is 65.6 Å². The van der Waals surface area contributed by atoms with Gasteiger partial charge in [0.05, 0.1) is 44.0 Å². The minimum absolute atomic E-state index is 0.188. The molecular formula is C51H31N5O. The predicted molar refractivity (Wildman–Crippen MR) is 232 cm³/mol. The third-order valence-electron chi connectivity index (χ3n) is 10.1. The summed E-state index contributed by atoms with van der Waals surface area (Å²) in [4.78, 5) is 14.5. The Bertz CT molecular complexity index is 4140. The topological polar surface area (TPSA) is 61.7 Å².